The fraction of sp³-hybridized carbons (Fsp3) is 0.200. The molecule has 1 aromatic heterocycles. The monoisotopic (exact) mass is 286 g/mol. The number of oxime groups is 1. The standard InChI is InChI=1S/C15H18N4O2/c1-19(10-11-5-3-4-6-14(11)21-2)12-7-8-13(17-9-12)15(16)18-20/h3-9,20H,10H2,1-2H3,(H2,16,18). The van der Waals surface area contributed by atoms with E-state index in [0.717, 1.165) is 17.0 Å². The second kappa shape index (κ2) is 6.60. The Bertz CT molecular complexity index is 626. The Balaban J connectivity index is 2.15. The normalized spacial score (nSPS) is 11.2. The van der Waals surface area contributed by atoms with E-state index in [0.29, 0.717) is 12.2 Å². The van der Waals surface area contributed by atoms with Gasteiger partial charge in [-0.3, -0.25) is 4.98 Å². The zero-order valence-electron chi connectivity index (χ0n) is 12.0. The first-order valence-electron chi connectivity index (χ1n) is 6.42. The minimum absolute atomic E-state index is 0.00562. The number of methoxy groups -OCH3 is 1. The van der Waals surface area contributed by atoms with E-state index in [1.165, 1.54) is 0 Å². The number of hydrogen-bond donors (Lipinski definition) is 2. The Labute approximate surface area is 123 Å². The fourth-order valence-electron chi connectivity index (χ4n) is 1.99. The molecule has 6 heteroatoms. The summed E-state index contributed by atoms with van der Waals surface area (Å²) in [4.78, 5) is 6.21. The van der Waals surface area contributed by atoms with Crippen molar-refractivity contribution in [2.24, 2.45) is 10.9 Å². The van der Waals surface area contributed by atoms with Crippen LogP contribution in [0.3, 0.4) is 0 Å². The van der Waals surface area contributed by atoms with Crippen LogP contribution < -0.4 is 15.4 Å². The van der Waals surface area contributed by atoms with E-state index < -0.39 is 0 Å². The quantitative estimate of drug-likeness (QED) is 0.379. The lowest BCUT2D eigenvalue weighted by Crippen LogP contribution is -2.19. The van der Waals surface area contributed by atoms with Gasteiger partial charge in [0.15, 0.2) is 5.84 Å². The molecule has 0 bridgehead atoms. The predicted molar refractivity (Wildman–Crippen MR) is 81.8 cm³/mol. The van der Waals surface area contributed by atoms with Crippen molar-refractivity contribution in [3.63, 3.8) is 0 Å². The van der Waals surface area contributed by atoms with Gasteiger partial charge < -0.3 is 20.6 Å². The van der Waals surface area contributed by atoms with Crippen LogP contribution >= 0.6 is 0 Å². The topological polar surface area (TPSA) is 84.0 Å². The van der Waals surface area contributed by atoms with Gasteiger partial charge in [-0.1, -0.05) is 23.4 Å². The summed E-state index contributed by atoms with van der Waals surface area (Å²) in [5.74, 6) is 0.847. The van der Waals surface area contributed by atoms with Gasteiger partial charge in [-0.15, -0.1) is 0 Å². The molecule has 6 nitrogen and oxygen atoms in total. The molecule has 0 saturated carbocycles. The number of ether oxygens (including phenoxy) is 1. The number of pyridine rings is 1. The first kappa shape index (κ1) is 14.6. The van der Waals surface area contributed by atoms with Gasteiger partial charge in [0.25, 0.3) is 0 Å². The molecule has 0 radical (unpaired) electrons. The second-order valence-electron chi connectivity index (χ2n) is 4.55. The van der Waals surface area contributed by atoms with E-state index in [9.17, 15) is 0 Å². The maximum atomic E-state index is 8.62. The van der Waals surface area contributed by atoms with Gasteiger partial charge in [0.05, 0.1) is 19.0 Å². The summed E-state index contributed by atoms with van der Waals surface area (Å²) in [6.07, 6.45) is 1.68. The molecule has 0 spiro atoms. The van der Waals surface area contributed by atoms with Crippen LogP contribution in [0, 0.1) is 0 Å². The van der Waals surface area contributed by atoms with Gasteiger partial charge in [-0.2, -0.15) is 0 Å². The van der Waals surface area contributed by atoms with Crippen molar-refractivity contribution < 1.29 is 9.94 Å². The Morgan fingerprint density at radius 3 is 2.71 bits per heavy atom. The first-order chi connectivity index (χ1) is 10.2. The molecule has 1 aromatic carbocycles. The second-order valence-corrected chi connectivity index (χ2v) is 4.55. The molecule has 21 heavy (non-hydrogen) atoms. The van der Waals surface area contributed by atoms with E-state index in [1.54, 1.807) is 19.4 Å². The minimum Gasteiger partial charge on any atom is -0.496 e. The highest BCUT2D eigenvalue weighted by Gasteiger charge is 2.08. The summed E-state index contributed by atoms with van der Waals surface area (Å²) >= 11 is 0. The average molecular weight is 286 g/mol. The van der Waals surface area contributed by atoms with Crippen LogP contribution in [-0.2, 0) is 6.54 Å². The number of nitrogens with zero attached hydrogens (tertiary/aromatic N) is 3. The van der Waals surface area contributed by atoms with Crippen molar-refractivity contribution in [3.8, 4) is 5.75 Å². The third-order valence-electron chi connectivity index (χ3n) is 3.16. The SMILES string of the molecule is COc1ccccc1CN(C)c1ccc(/C(N)=N/O)nc1. The van der Waals surface area contributed by atoms with E-state index >= 15 is 0 Å². The number of benzene rings is 1. The van der Waals surface area contributed by atoms with Crippen LogP contribution in [0.1, 0.15) is 11.3 Å². The van der Waals surface area contributed by atoms with Crippen molar-refractivity contribution in [3.05, 3.63) is 53.9 Å². The number of nitrogens with two attached hydrogens (primary N) is 1. The number of hydrogen-bond acceptors (Lipinski definition) is 5. The van der Waals surface area contributed by atoms with Crippen LogP contribution in [0.2, 0.25) is 0 Å². The summed E-state index contributed by atoms with van der Waals surface area (Å²) < 4.78 is 5.34. The highest BCUT2D eigenvalue weighted by atomic mass is 16.5. The smallest absolute Gasteiger partial charge is 0.188 e. The molecule has 0 amide bonds. The molecular weight excluding hydrogens is 268 g/mol. The van der Waals surface area contributed by atoms with Crippen molar-refractivity contribution in [1.82, 2.24) is 4.98 Å². The van der Waals surface area contributed by atoms with Gasteiger partial charge in [0, 0.05) is 19.2 Å². The molecule has 0 unspecified atom stereocenters. The third kappa shape index (κ3) is 3.42. The highest BCUT2D eigenvalue weighted by Crippen LogP contribution is 2.21. The maximum absolute atomic E-state index is 8.62. The van der Waals surface area contributed by atoms with Gasteiger partial charge in [0.2, 0.25) is 0 Å². The average Bonchev–Trinajstić information content (AvgIpc) is 2.54. The molecule has 3 N–H and O–H groups in total. The van der Waals surface area contributed by atoms with Crippen LogP contribution in [0.15, 0.2) is 47.8 Å². The Kier molecular flexibility index (Phi) is 4.61. The molecule has 110 valence electrons. The van der Waals surface area contributed by atoms with Gasteiger partial charge in [-0.05, 0) is 18.2 Å². The van der Waals surface area contributed by atoms with E-state index in [-0.39, 0.29) is 5.84 Å². The molecule has 0 saturated heterocycles. The third-order valence-corrected chi connectivity index (χ3v) is 3.16. The Hall–Kier alpha value is -2.76. The summed E-state index contributed by atoms with van der Waals surface area (Å²) in [6, 6.07) is 11.5. The lowest BCUT2D eigenvalue weighted by atomic mass is 10.2. The Morgan fingerprint density at radius 1 is 1.33 bits per heavy atom. The van der Waals surface area contributed by atoms with E-state index in [4.69, 9.17) is 15.7 Å². The molecule has 0 atom stereocenters. The number of amidine groups is 1. The molecule has 0 aliphatic carbocycles. The molecule has 2 aromatic rings. The number of rotatable bonds is 5. The van der Waals surface area contributed by atoms with Gasteiger partial charge in [0.1, 0.15) is 11.4 Å². The van der Waals surface area contributed by atoms with Crippen LogP contribution in [-0.4, -0.2) is 30.2 Å². The molecule has 0 aliphatic rings. The zero-order valence-corrected chi connectivity index (χ0v) is 12.0. The van der Waals surface area contributed by atoms with E-state index in [2.05, 4.69) is 10.1 Å². The van der Waals surface area contributed by atoms with Crippen molar-refractivity contribution in [2.45, 2.75) is 6.54 Å². The number of para-hydroxylation sites is 1. The van der Waals surface area contributed by atoms with E-state index in [1.807, 2.05) is 42.3 Å². The van der Waals surface area contributed by atoms with Gasteiger partial charge in [-0.25, -0.2) is 0 Å². The first-order valence-corrected chi connectivity index (χ1v) is 6.42. The van der Waals surface area contributed by atoms with Crippen molar-refractivity contribution in [2.75, 3.05) is 19.1 Å². The summed E-state index contributed by atoms with van der Waals surface area (Å²) in [6.45, 7) is 0.689. The highest BCUT2D eigenvalue weighted by molar-refractivity contribution is 5.95. The van der Waals surface area contributed by atoms with Crippen molar-refractivity contribution >= 4 is 11.5 Å². The van der Waals surface area contributed by atoms with Crippen LogP contribution in [0.25, 0.3) is 0 Å². The molecule has 0 aliphatic heterocycles. The van der Waals surface area contributed by atoms with Crippen LogP contribution in [0.5, 0.6) is 5.75 Å². The lowest BCUT2D eigenvalue weighted by molar-refractivity contribution is 0.318. The molecular formula is C15H18N4O2. The Morgan fingerprint density at radius 2 is 2.10 bits per heavy atom. The number of aromatic nitrogens is 1. The maximum Gasteiger partial charge on any atom is 0.188 e. The van der Waals surface area contributed by atoms with Crippen molar-refractivity contribution in [1.29, 1.82) is 0 Å². The molecule has 1 heterocycles. The summed E-state index contributed by atoms with van der Waals surface area (Å²) in [5.41, 5.74) is 7.94. The summed E-state index contributed by atoms with van der Waals surface area (Å²) in [5, 5.41) is 11.5. The lowest BCUT2D eigenvalue weighted by Gasteiger charge is -2.20. The predicted octanol–water partition coefficient (Wildman–Crippen LogP) is 1.82. The fourth-order valence-corrected chi connectivity index (χ4v) is 1.99. The molecule has 0 fully saturated rings. The van der Waals surface area contributed by atoms with Gasteiger partial charge >= 0.3 is 0 Å². The number of anilines is 1. The van der Waals surface area contributed by atoms with Crippen LogP contribution in [0.4, 0.5) is 5.69 Å². The molecule has 2 rings (SSSR count). The zero-order chi connectivity index (χ0) is 15.2. The largest absolute Gasteiger partial charge is 0.496 e. The summed E-state index contributed by atoms with van der Waals surface area (Å²) in [7, 11) is 3.62. The minimum atomic E-state index is -0.00562.